The number of aromatic nitrogens is 3. The Morgan fingerprint density at radius 2 is 1.88 bits per heavy atom. The Kier molecular flexibility index (Phi) is 6.04. The molecule has 8 nitrogen and oxygen atoms in total. The fourth-order valence-electron chi connectivity index (χ4n) is 4.00. The van der Waals surface area contributed by atoms with E-state index in [9.17, 15) is 35.9 Å². The molecule has 2 aromatic rings. The lowest BCUT2D eigenvalue weighted by Gasteiger charge is -2.22. The third-order valence-corrected chi connectivity index (χ3v) is 5.66. The number of nitrogens with two attached hydrogens (primary N) is 1. The molecule has 2 aromatic heterocycles. The first-order valence-corrected chi connectivity index (χ1v) is 10.3. The number of rotatable bonds is 6. The highest BCUT2D eigenvalue weighted by Gasteiger charge is 2.50. The molecule has 2 aliphatic rings. The number of carbonyl (C=O) groups is 2. The van der Waals surface area contributed by atoms with Gasteiger partial charge in [-0.1, -0.05) is 0 Å². The van der Waals surface area contributed by atoms with Gasteiger partial charge in [-0.15, -0.1) is 0 Å². The van der Waals surface area contributed by atoms with Crippen molar-refractivity contribution in [2.24, 2.45) is 11.7 Å². The van der Waals surface area contributed by atoms with E-state index in [1.807, 2.05) is 0 Å². The van der Waals surface area contributed by atoms with E-state index < -0.39 is 59.9 Å². The van der Waals surface area contributed by atoms with Gasteiger partial charge in [-0.05, 0) is 31.4 Å². The Balaban J connectivity index is 1.74. The summed E-state index contributed by atoms with van der Waals surface area (Å²) in [5, 5.41) is 6.20. The third-order valence-electron chi connectivity index (χ3n) is 5.66. The average Bonchev–Trinajstić information content (AvgIpc) is 3.32. The maximum Gasteiger partial charge on any atom is 0.420 e. The largest absolute Gasteiger partial charge is 0.420 e. The monoisotopic (exact) mass is 491 g/mol. The van der Waals surface area contributed by atoms with Crippen LogP contribution in [0.5, 0.6) is 0 Å². The standard InChI is InChI=1S/C20H19F6N5O3/c21-19(22,23)13-14(9-1-2-9)30-31(8-10-4-6-34-16(10)20(24,25)26)15(13)18(33)29-11-3-5-28-12(7-11)17(27)32/h3,5,7,9-10,16H,1-2,4,6,8H2,(H2,27,32)(H,28,29,33). The van der Waals surface area contributed by atoms with Gasteiger partial charge in [-0.25, -0.2) is 0 Å². The summed E-state index contributed by atoms with van der Waals surface area (Å²) in [7, 11) is 0. The summed E-state index contributed by atoms with van der Waals surface area (Å²) >= 11 is 0. The SMILES string of the molecule is NC(=O)c1cc(NC(=O)c2c(C(F)(F)F)c(C3CC3)nn2CC2CCOC2C(F)(F)F)ccn1. The predicted octanol–water partition coefficient (Wildman–Crippen LogP) is 3.49. The molecule has 1 aliphatic heterocycles. The Morgan fingerprint density at radius 3 is 2.47 bits per heavy atom. The van der Waals surface area contributed by atoms with Crippen molar-refractivity contribution in [2.75, 3.05) is 11.9 Å². The highest BCUT2D eigenvalue weighted by Crippen LogP contribution is 2.47. The molecule has 2 atom stereocenters. The summed E-state index contributed by atoms with van der Waals surface area (Å²) in [4.78, 5) is 28.0. The Hall–Kier alpha value is -3.16. The van der Waals surface area contributed by atoms with E-state index in [1.165, 1.54) is 6.07 Å². The minimum absolute atomic E-state index is 0.0580. The predicted molar refractivity (Wildman–Crippen MR) is 104 cm³/mol. The molecule has 4 rings (SSSR count). The first-order chi connectivity index (χ1) is 15.9. The van der Waals surface area contributed by atoms with E-state index in [1.54, 1.807) is 0 Å². The average molecular weight is 491 g/mol. The van der Waals surface area contributed by atoms with Crippen LogP contribution in [0.4, 0.5) is 32.0 Å². The van der Waals surface area contributed by atoms with Crippen molar-refractivity contribution in [3.05, 3.63) is 41.0 Å². The van der Waals surface area contributed by atoms with E-state index in [0.717, 1.165) is 12.3 Å². The summed E-state index contributed by atoms with van der Waals surface area (Å²) in [6.45, 7) is -0.808. The highest BCUT2D eigenvalue weighted by atomic mass is 19.4. The van der Waals surface area contributed by atoms with Crippen LogP contribution in [-0.2, 0) is 17.5 Å². The van der Waals surface area contributed by atoms with Gasteiger partial charge in [-0.3, -0.25) is 19.3 Å². The molecular formula is C20H19F6N5O3. The zero-order valence-electron chi connectivity index (χ0n) is 17.4. The molecule has 184 valence electrons. The van der Waals surface area contributed by atoms with E-state index in [2.05, 4.69) is 15.4 Å². The highest BCUT2D eigenvalue weighted by molar-refractivity contribution is 6.05. The molecule has 0 spiro atoms. The van der Waals surface area contributed by atoms with Gasteiger partial charge in [0.05, 0.1) is 5.69 Å². The molecule has 1 aliphatic carbocycles. The van der Waals surface area contributed by atoms with Gasteiger partial charge in [0.2, 0.25) is 0 Å². The first kappa shape index (κ1) is 24.0. The molecule has 3 N–H and O–H groups in total. The van der Waals surface area contributed by atoms with Crippen molar-refractivity contribution in [3.63, 3.8) is 0 Å². The first-order valence-electron chi connectivity index (χ1n) is 10.3. The van der Waals surface area contributed by atoms with Crippen LogP contribution in [0, 0.1) is 5.92 Å². The van der Waals surface area contributed by atoms with Gasteiger partial charge >= 0.3 is 12.4 Å². The van der Waals surface area contributed by atoms with Crippen LogP contribution in [-0.4, -0.2) is 45.5 Å². The van der Waals surface area contributed by atoms with Crippen molar-refractivity contribution in [1.29, 1.82) is 0 Å². The van der Waals surface area contributed by atoms with E-state index >= 15 is 0 Å². The van der Waals surface area contributed by atoms with Crippen LogP contribution in [0.2, 0.25) is 0 Å². The minimum atomic E-state index is -4.98. The third kappa shape index (κ3) is 4.86. The van der Waals surface area contributed by atoms with Gasteiger partial charge < -0.3 is 15.8 Å². The fraction of sp³-hybridized carbons (Fsp3) is 0.500. The number of hydrogen-bond donors (Lipinski definition) is 2. The summed E-state index contributed by atoms with van der Waals surface area (Å²) in [6.07, 6.45) is -9.96. The summed E-state index contributed by atoms with van der Waals surface area (Å²) in [6, 6.07) is 2.30. The van der Waals surface area contributed by atoms with Crippen molar-refractivity contribution < 1.29 is 40.7 Å². The number of nitrogens with one attached hydrogen (secondary N) is 1. The van der Waals surface area contributed by atoms with Crippen LogP contribution in [0.25, 0.3) is 0 Å². The van der Waals surface area contributed by atoms with Crippen LogP contribution in [0.15, 0.2) is 18.3 Å². The number of nitrogens with zero attached hydrogens (tertiary/aromatic N) is 3. The van der Waals surface area contributed by atoms with Crippen LogP contribution < -0.4 is 11.1 Å². The summed E-state index contributed by atoms with van der Waals surface area (Å²) < 4.78 is 87.6. The lowest BCUT2D eigenvalue weighted by atomic mass is 10.0. The topological polar surface area (TPSA) is 112 Å². The molecule has 2 unspecified atom stereocenters. The fourth-order valence-corrected chi connectivity index (χ4v) is 4.00. The molecule has 2 fully saturated rings. The zero-order chi connectivity index (χ0) is 24.8. The number of carbonyl (C=O) groups excluding carboxylic acids is 2. The maximum absolute atomic E-state index is 14.0. The normalized spacial score (nSPS) is 21.0. The van der Waals surface area contributed by atoms with Crippen LogP contribution in [0.1, 0.15) is 57.4 Å². The molecule has 14 heteroatoms. The number of ether oxygens (including phenoxy) is 1. The van der Waals surface area contributed by atoms with E-state index in [4.69, 9.17) is 10.5 Å². The number of hydrogen-bond acceptors (Lipinski definition) is 5. The number of anilines is 1. The molecular weight excluding hydrogens is 472 g/mol. The molecule has 0 radical (unpaired) electrons. The second-order valence-electron chi connectivity index (χ2n) is 8.19. The van der Waals surface area contributed by atoms with Gasteiger partial charge in [0.1, 0.15) is 17.0 Å². The molecule has 1 saturated carbocycles. The summed E-state index contributed by atoms with van der Waals surface area (Å²) in [5.41, 5.74) is 2.27. The van der Waals surface area contributed by atoms with Gasteiger partial charge in [-0.2, -0.15) is 31.4 Å². The molecule has 2 amide bonds. The number of pyridine rings is 1. The second-order valence-corrected chi connectivity index (χ2v) is 8.19. The molecule has 0 aromatic carbocycles. The number of amides is 2. The second kappa shape index (κ2) is 8.56. The molecule has 34 heavy (non-hydrogen) atoms. The van der Waals surface area contributed by atoms with Gasteiger partial charge in [0.15, 0.2) is 6.10 Å². The number of primary amides is 1. The molecule has 0 bridgehead atoms. The Bertz CT molecular complexity index is 1110. The lowest BCUT2D eigenvalue weighted by molar-refractivity contribution is -0.217. The number of alkyl halides is 6. The van der Waals surface area contributed by atoms with E-state index in [0.29, 0.717) is 17.5 Å². The zero-order valence-corrected chi connectivity index (χ0v) is 17.4. The smallest absolute Gasteiger partial charge is 0.368 e. The van der Waals surface area contributed by atoms with Gasteiger partial charge in [0, 0.05) is 36.9 Å². The quantitative estimate of drug-likeness (QED) is 0.601. The number of halogens is 6. The van der Waals surface area contributed by atoms with Crippen molar-refractivity contribution in [1.82, 2.24) is 14.8 Å². The van der Waals surface area contributed by atoms with Crippen LogP contribution in [0.3, 0.4) is 0 Å². The van der Waals surface area contributed by atoms with E-state index in [-0.39, 0.29) is 30.1 Å². The van der Waals surface area contributed by atoms with Gasteiger partial charge in [0.25, 0.3) is 11.8 Å². The maximum atomic E-state index is 14.0. The minimum Gasteiger partial charge on any atom is -0.368 e. The Labute approximate surface area is 188 Å². The van der Waals surface area contributed by atoms with Crippen LogP contribution >= 0.6 is 0 Å². The Morgan fingerprint density at radius 1 is 1.18 bits per heavy atom. The molecule has 1 saturated heterocycles. The lowest BCUT2D eigenvalue weighted by Crippen LogP contribution is -2.36. The van der Waals surface area contributed by atoms with Crippen molar-refractivity contribution in [2.45, 2.75) is 50.2 Å². The summed E-state index contributed by atoms with van der Waals surface area (Å²) in [5.74, 6) is -3.92. The molecule has 3 heterocycles. The van der Waals surface area contributed by atoms with Crippen molar-refractivity contribution >= 4 is 17.5 Å². The van der Waals surface area contributed by atoms with Crippen molar-refractivity contribution in [3.8, 4) is 0 Å².